The van der Waals surface area contributed by atoms with Crippen LogP contribution in [0, 0.1) is 0 Å². The van der Waals surface area contributed by atoms with Crippen LogP contribution in [0.15, 0.2) is 48.7 Å². The summed E-state index contributed by atoms with van der Waals surface area (Å²) in [7, 11) is 3.54. The molecule has 0 unspecified atom stereocenters. The maximum absolute atomic E-state index is 12.5. The van der Waals surface area contributed by atoms with Crippen LogP contribution in [-0.2, 0) is 7.05 Å². The van der Waals surface area contributed by atoms with Gasteiger partial charge in [-0.25, -0.2) is 0 Å². The fourth-order valence-corrected chi connectivity index (χ4v) is 3.65. The van der Waals surface area contributed by atoms with Gasteiger partial charge in [0.15, 0.2) is 5.82 Å². The highest BCUT2D eigenvalue weighted by Gasteiger charge is 2.24. The van der Waals surface area contributed by atoms with Crippen molar-refractivity contribution in [2.75, 3.05) is 25.1 Å². The number of rotatable bonds is 5. The Morgan fingerprint density at radius 3 is 2.82 bits per heavy atom. The molecule has 1 atom stereocenters. The predicted molar refractivity (Wildman–Crippen MR) is 109 cm³/mol. The zero-order valence-electron chi connectivity index (χ0n) is 16.2. The Kier molecular flexibility index (Phi) is 5.06. The van der Waals surface area contributed by atoms with Gasteiger partial charge in [-0.05, 0) is 54.8 Å². The monoisotopic (exact) mass is 379 g/mol. The van der Waals surface area contributed by atoms with E-state index in [9.17, 15) is 4.79 Å². The van der Waals surface area contributed by atoms with E-state index in [1.807, 2.05) is 54.2 Å². The summed E-state index contributed by atoms with van der Waals surface area (Å²) in [6.45, 7) is 1.69. The molecule has 1 fully saturated rings. The van der Waals surface area contributed by atoms with E-state index in [4.69, 9.17) is 4.74 Å². The summed E-state index contributed by atoms with van der Waals surface area (Å²) in [6, 6.07) is 13.8. The van der Waals surface area contributed by atoms with Gasteiger partial charge < -0.3 is 19.5 Å². The Morgan fingerprint density at radius 2 is 2.11 bits per heavy atom. The number of ether oxygens (including phenoxy) is 1. The molecule has 1 saturated heterocycles. The number of benzene rings is 1. The number of amides is 1. The summed E-state index contributed by atoms with van der Waals surface area (Å²) >= 11 is 0. The summed E-state index contributed by atoms with van der Waals surface area (Å²) in [5, 5.41) is 10.8. The van der Waals surface area contributed by atoms with Crippen molar-refractivity contribution in [2.45, 2.75) is 18.9 Å². The maximum Gasteiger partial charge on any atom is 0.268 e. The highest BCUT2D eigenvalue weighted by atomic mass is 16.5. The first-order valence-electron chi connectivity index (χ1n) is 9.51. The number of hydrogen-bond acceptors (Lipinski definition) is 4. The quantitative estimate of drug-likeness (QED) is 0.715. The van der Waals surface area contributed by atoms with Crippen molar-refractivity contribution in [3.8, 4) is 17.0 Å². The molecule has 2 aromatic heterocycles. The number of aryl methyl sites for hydroxylation is 1. The van der Waals surface area contributed by atoms with E-state index in [2.05, 4.69) is 26.5 Å². The molecule has 1 aromatic carbocycles. The average molecular weight is 379 g/mol. The molecule has 7 nitrogen and oxygen atoms in total. The fourth-order valence-electron chi connectivity index (χ4n) is 3.65. The molecule has 1 amide bonds. The van der Waals surface area contributed by atoms with Gasteiger partial charge in [-0.2, -0.15) is 5.10 Å². The molecule has 3 heterocycles. The summed E-state index contributed by atoms with van der Waals surface area (Å²) < 4.78 is 7.05. The minimum absolute atomic E-state index is 0.0275. The van der Waals surface area contributed by atoms with E-state index < -0.39 is 0 Å². The molecule has 0 radical (unpaired) electrons. The largest absolute Gasteiger partial charge is 0.497 e. The molecule has 1 aliphatic rings. The van der Waals surface area contributed by atoms with Gasteiger partial charge in [-0.3, -0.25) is 9.89 Å². The lowest BCUT2D eigenvalue weighted by Gasteiger charge is -2.33. The first-order chi connectivity index (χ1) is 13.6. The van der Waals surface area contributed by atoms with Gasteiger partial charge in [0, 0.05) is 38.4 Å². The molecular formula is C21H25N5O2. The van der Waals surface area contributed by atoms with Gasteiger partial charge in [0.2, 0.25) is 0 Å². The van der Waals surface area contributed by atoms with Crippen LogP contribution in [-0.4, -0.2) is 46.9 Å². The fraction of sp³-hybridized carbons (Fsp3) is 0.333. The molecule has 146 valence electrons. The van der Waals surface area contributed by atoms with Crippen LogP contribution in [0.1, 0.15) is 23.3 Å². The van der Waals surface area contributed by atoms with Crippen LogP contribution in [0.2, 0.25) is 0 Å². The van der Waals surface area contributed by atoms with Gasteiger partial charge in [-0.1, -0.05) is 0 Å². The number of methoxy groups -OCH3 is 1. The number of hydrogen-bond donors (Lipinski definition) is 2. The lowest BCUT2D eigenvalue weighted by atomic mass is 10.1. The SMILES string of the molecule is COc1ccc(-c2cc(N3CCC[C@@H](NC(=O)c4cccn4C)C3)n[nH]2)cc1. The number of piperidine rings is 1. The molecular weight excluding hydrogens is 354 g/mol. The Balaban J connectivity index is 1.42. The molecule has 28 heavy (non-hydrogen) atoms. The van der Waals surface area contributed by atoms with E-state index in [1.165, 1.54) is 0 Å². The van der Waals surface area contributed by atoms with E-state index in [-0.39, 0.29) is 11.9 Å². The summed E-state index contributed by atoms with van der Waals surface area (Å²) in [6.07, 6.45) is 3.87. The Labute approximate surface area is 164 Å². The second-order valence-electron chi connectivity index (χ2n) is 7.13. The smallest absolute Gasteiger partial charge is 0.268 e. The lowest BCUT2D eigenvalue weighted by Crippen LogP contribution is -2.48. The lowest BCUT2D eigenvalue weighted by molar-refractivity contribution is 0.0925. The van der Waals surface area contributed by atoms with Crippen molar-refractivity contribution in [1.82, 2.24) is 20.1 Å². The van der Waals surface area contributed by atoms with Crippen LogP contribution in [0.4, 0.5) is 5.82 Å². The van der Waals surface area contributed by atoms with Crippen LogP contribution >= 0.6 is 0 Å². The summed E-state index contributed by atoms with van der Waals surface area (Å²) in [5.74, 6) is 1.71. The molecule has 0 spiro atoms. The number of carbonyl (C=O) groups is 1. The Morgan fingerprint density at radius 1 is 1.29 bits per heavy atom. The highest BCUT2D eigenvalue weighted by molar-refractivity contribution is 5.93. The number of anilines is 1. The molecule has 7 heteroatoms. The topological polar surface area (TPSA) is 75.2 Å². The second kappa shape index (κ2) is 7.80. The van der Waals surface area contributed by atoms with Gasteiger partial charge >= 0.3 is 0 Å². The average Bonchev–Trinajstić information content (AvgIpc) is 3.37. The van der Waals surface area contributed by atoms with Gasteiger partial charge in [0.1, 0.15) is 11.4 Å². The third-order valence-corrected chi connectivity index (χ3v) is 5.22. The molecule has 3 aromatic rings. The molecule has 0 aliphatic carbocycles. The second-order valence-corrected chi connectivity index (χ2v) is 7.13. The molecule has 2 N–H and O–H groups in total. The third kappa shape index (κ3) is 3.74. The number of aromatic amines is 1. The normalized spacial score (nSPS) is 16.8. The minimum Gasteiger partial charge on any atom is -0.497 e. The summed E-state index contributed by atoms with van der Waals surface area (Å²) in [5.41, 5.74) is 2.71. The van der Waals surface area contributed by atoms with E-state index in [1.54, 1.807) is 7.11 Å². The maximum atomic E-state index is 12.5. The minimum atomic E-state index is -0.0275. The van der Waals surface area contributed by atoms with Crippen LogP contribution in [0.3, 0.4) is 0 Å². The first kappa shape index (κ1) is 18.2. The number of H-pyrrole nitrogens is 1. The van der Waals surface area contributed by atoms with Crippen molar-refractivity contribution in [3.05, 3.63) is 54.4 Å². The Bertz CT molecular complexity index is 944. The molecule has 0 bridgehead atoms. The molecule has 0 saturated carbocycles. The van der Waals surface area contributed by atoms with Gasteiger partial charge in [-0.15, -0.1) is 0 Å². The van der Waals surface area contributed by atoms with E-state index >= 15 is 0 Å². The number of nitrogens with zero attached hydrogens (tertiary/aromatic N) is 3. The van der Waals surface area contributed by atoms with Crippen molar-refractivity contribution in [2.24, 2.45) is 7.05 Å². The summed E-state index contributed by atoms with van der Waals surface area (Å²) in [4.78, 5) is 14.7. The van der Waals surface area contributed by atoms with Crippen molar-refractivity contribution < 1.29 is 9.53 Å². The number of nitrogens with one attached hydrogen (secondary N) is 2. The molecule has 1 aliphatic heterocycles. The zero-order chi connectivity index (χ0) is 19.5. The van der Waals surface area contributed by atoms with Crippen molar-refractivity contribution in [1.29, 1.82) is 0 Å². The van der Waals surface area contributed by atoms with Crippen molar-refractivity contribution >= 4 is 11.7 Å². The molecule has 4 rings (SSSR count). The Hall–Kier alpha value is -3.22. The third-order valence-electron chi connectivity index (χ3n) is 5.22. The van der Waals surface area contributed by atoms with Crippen LogP contribution in [0.25, 0.3) is 11.3 Å². The first-order valence-corrected chi connectivity index (χ1v) is 9.51. The predicted octanol–water partition coefficient (Wildman–Crippen LogP) is 2.82. The number of aromatic nitrogens is 3. The van der Waals surface area contributed by atoms with Crippen molar-refractivity contribution in [3.63, 3.8) is 0 Å². The highest BCUT2D eigenvalue weighted by Crippen LogP contribution is 2.25. The van der Waals surface area contributed by atoms with Crippen LogP contribution < -0.4 is 15.0 Å². The van der Waals surface area contributed by atoms with Gasteiger partial charge in [0.25, 0.3) is 5.91 Å². The van der Waals surface area contributed by atoms with E-state index in [0.717, 1.165) is 48.8 Å². The van der Waals surface area contributed by atoms with Crippen LogP contribution in [0.5, 0.6) is 5.75 Å². The zero-order valence-corrected chi connectivity index (χ0v) is 16.2. The van der Waals surface area contributed by atoms with E-state index in [0.29, 0.717) is 5.69 Å². The van der Waals surface area contributed by atoms with Gasteiger partial charge in [0.05, 0.1) is 12.8 Å². The number of carbonyl (C=O) groups excluding carboxylic acids is 1. The standard InChI is InChI=1S/C21H25N5O2/c1-25-11-4-6-19(25)21(27)22-16-5-3-12-26(14-16)20-13-18(23-24-20)15-7-9-17(28-2)10-8-15/h4,6-11,13,16H,3,5,12,14H2,1-2H3,(H,22,27)(H,23,24)/t16-/m1/s1.